The predicted octanol–water partition coefficient (Wildman–Crippen LogP) is 3.36. The molecule has 0 bridgehead atoms. The maximum absolute atomic E-state index is 11.6. The zero-order valence-corrected chi connectivity index (χ0v) is 13.5. The van der Waals surface area contributed by atoms with Crippen molar-refractivity contribution in [2.75, 3.05) is 19.6 Å². The summed E-state index contributed by atoms with van der Waals surface area (Å²) in [5.41, 5.74) is 2.36. The van der Waals surface area contributed by atoms with Gasteiger partial charge in [0.2, 0.25) is 0 Å². The van der Waals surface area contributed by atoms with Gasteiger partial charge in [0.25, 0.3) is 0 Å². The van der Waals surface area contributed by atoms with Crippen molar-refractivity contribution in [3.63, 3.8) is 0 Å². The van der Waals surface area contributed by atoms with E-state index in [4.69, 9.17) is 0 Å². The average Bonchev–Trinajstić information content (AvgIpc) is 2.91. The topological polar surface area (TPSA) is 40.5 Å². The molecule has 2 aliphatic rings. The first kappa shape index (κ1) is 15.5. The highest BCUT2D eigenvalue weighted by Gasteiger charge is 2.35. The van der Waals surface area contributed by atoms with Crippen LogP contribution in [0.1, 0.15) is 36.8 Å². The zero-order valence-electron chi connectivity index (χ0n) is 13.5. The lowest BCUT2D eigenvalue weighted by Crippen LogP contribution is -2.33. The Hall–Kier alpha value is -1.35. The molecule has 3 rings (SSSR count). The third-order valence-corrected chi connectivity index (χ3v) is 5.48. The Kier molecular flexibility index (Phi) is 4.82. The molecule has 22 heavy (non-hydrogen) atoms. The van der Waals surface area contributed by atoms with Gasteiger partial charge in [-0.2, -0.15) is 0 Å². The molecule has 1 aliphatic heterocycles. The normalized spacial score (nSPS) is 26.6. The smallest absolute Gasteiger partial charge is 0.308 e. The Bertz CT molecular complexity index is 497. The lowest BCUT2D eigenvalue weighted by Gasteiger charge is -2.23. The minimum absolute atomic E-state index is 0.289. The molecular formula is C19H27NO2. The van der Waals surface area contributed by atoms with Crippen molar-refractivity contribution >= 4 is 5.97 Å². The van der Waals surface area contributed by atoms with Crippen molar-refractivity contribution in [3.05, 3.63) is 35.4 Å². The van der Waals surface area contributed by atoms with Crippen LogP contribution in [0.4, 0.5) is 0 Å². The van der Waals surface area contributed by atoms with E-state index in [1.54, 1.807) is 0 Å². The van der Waals surface area contributed by atoms with Crippen LogP contribution in [0.5, 0.6) is 0 Å². The number of aryl methyl sites for hydroxylation is 1. The van der Waals surface area contributed by atoms with Crippen LogP contribution in [-0.4, -0.2) is 35.6 Å². The van der Waals surface area contributed by atoms with Crippen LogP contribution in [0, 0.1) is 24.7 Å². The maximum Gasteiger partial charge on any atom is 0.308 e. The second-order valence-electron chi connectivity index (χ2n) is 7.25. The molecule has 1 N–H and O–H groups in total. The Morgan fingerprint density at radius 1 is 1.18 bits per heavy atom. The summed E-state index contributed by atoms with van der Waals surface area (Å²) >= 11 is 0. The highest BCUT2D eigenvalue weighted by molar-refractivity contribution is 5.70. The molecule has 3 heteroatoms. The van der Waals surface area contributed by atoms with E-state index in [1.807, 2.05) is 0 Å². The molecule has 3 atom stereocenters. The molecule has 0 aromatic heterocycles. The first-order chi connectivity index (χ1) is 10.6. The zero-order chi connectivity index (χ0) is 15.5. The molecule has 120 valence electrons. The standard InChI is InChI=1S/C19H27NO2/c1-14-6-8-15(9-7-14)10-18(19(21)22)13-20-11-16-4-2-3-5-17(16)12-20/h6-9,16-18H,2-5,10-13H2,1H3,(H,21,22)/t16-,17+,18?. The monoisotopic (exact) mass is 301 g/mol. The molecule has 0 amide bonds. The fraction of sp³-hybridized carbons (Fsp3) is 0.632. The number of likely N-dealkylation sites (tertiary alicyclic amines) is 1. The summed E-state index contributed by atoms with van der Waals surface area (Å²) in [6.07, 6.45) is 6.05. The van der Waals surface area contributed by atoms with Gasteiger partial charge in [-0.05, 0) is 43.6 Å². The average molecular weight is 301 g/mol. The van der Waals surface area contributed by atoms with Crippen LogP contribution < -0.4 is 0 Å². The fourth-order valence-corrected chi connectivity index (χ4v) is 4.20. The molecule has 1 unspecified atom stereocenters. The van der Waals surface area contributed by atoms with Gasteiger partial charge in [0, 0.05) is 19.6 Å². The number of aliphatic carboxylic acids is 1. The van der Waals surface area contributed by atoms with E-state index in [0.717, 1.165) is 30.5 Å². The maximum atomic E-state index is 11.6. The Morgan fingerprint density at radius 3 is 2.32 bits per heavy atom. The number of carbonyl (C=O) groups is 1. The summed E-state index contributed by atoms with van der Waals surface area (Å²) in [4.78, 5) is 14.1. The van der Waals surface area contributed by atoms with E-state index in [-0.39, 0.29) is 5.92 Å². The first-order valence-corrected chi connectivity index (χ1v) is 8.62. The molecule has 1 heterocycles. The second kappa shape index (κ2) is 6.82. The number of hydrogen-bond donors (Lipinski definition) is 1. The molecule has 1 aromatic carbocycles. The van der Waals surface area contributed by atoms with Gasteiger partial charge in [-0.3, -0.25) is 4.79 Å². The van der Waals surface area contributed by atoms with Crippen LogP contribution in [0.15, 0.2) is 24.3 Å². The molecule has 1 aliphatic carbocycles. The molecule has 0 spiro atoms. The van der Waals surface area contributed by atoms with Gasteiger partial charge in [0.05, 0.1) is 5.92 Å². The lowest BCUT2D eigenvalue weighted by atomic mass is 9.82. The largest absolute Gasteiger partial charge is 0.481 e. The Morgan fingerprint density at radius 2 is 1.77 bits per heavy atom. The van der Waals surface area contributed by atoms with Crippen LogP contribution in [-0.2, 0) is 11.2 Å². The van der Waals surface area contributed by atoms with Gasteiger partial charge in [-0.15, -0.1) is 0 Å². The third-order valence-electron chi connectivity index (χ3n) is 5.48. The van der Waals surface area contributed by atoms with Crippen LogP contribution in [0.25, 0.3) is 0 Å². The van der Waals surface area contributed by atoms with Gasteiger partial charge in [0.1, 0.15) is 0 Å². The van der Waals surface area contributed by atoms with Gasteiger partial charge >= 0.3 is 5.97 Å². The minimum Gasteiger partial charge on any atom is -0.481 e. The van der Waals surface area contributed by atoms with Crippen LogP contribution in [0.2, 0.25) is 0 Å². The van der Waals surface area contributed by atoms with Crippen LogP contribution in [0.3, 0.4) is 0 Å². The second-order valence-corrected chi connectivity index (χ2v) is 7.25. The van der Waals surface area contributed by atoms with E-state index in [0.29, 0.717) is 13.0 Å². The molecule has 1 aromatic rings. The van der Waals surface area contributed by atoms with E-state index < -0.39 is 5.97 Å². The van der Waals surface area contributed by atoms with E-state index in [9.17, 15) is 9.90 Å². The SMILES string of the molecule is Cc1ccc(CC(CN2C[C@H]3CCCC[C@H]3C2)C(=O)O)cc1. The number of fused-ring (bicyclic) bond motifs is 1. The summed E-state index contributed by atoms with van der Waals surface area (Å²) in [6.45, 7) is 4.99. The van der Waals surface area contributed by atoms with Crippen molar-refractivity contribution < 1.29 is 9.90 Å². The van der Waals surface area contributed by atoms with Gasteiger partial charge in [-0.1, -0.05) is 42.7 Å². The summed E-state index contributed by atoms with van der Waals surface area (Å²) in [5.74, 6) is 0.698. The summed E-state index contributed by atoms with van der Waals surface area (Å²) in [6, 6.07) is 8.27. The van der Waals surface area contributed by atoms with Crippen molar-refractivity contribution in [1.82, 2.24) is 4.90 Å². The molecule has 0 radical (unpaired) electrons. The van der Waals surface area contributed by atoms with Crippen molar-refractivity contribution in [2.24, 2.45) is 17.8 Å². The number of hydrogen-bond acceptors (Lipinski definition) is 2. The summed E-state index contributed by atoms with van der Waals surface area (Å²) < 4.78 is 0. The van der Waals surface area contributed by atoms with E-state index in [1.165, 1.54) is 31.2 Å². The number of carboxylic acid groups (broad SMARTS) is 1. The highest BCUT2D eigenvalue weighted by Crippen LogP contribution is 2.36. The number of nitrogens with zero attached hydrogens (tertiary/aromatic N) is 1. The Balaban J connectivity index is 1.60. The fourth-order valence-electron chi connectivity index (χ4n) is 4.20. The van der Waals surface area contributed by atoms with Crippen LogP contribution >= 0.6 is 0 Å². The Labute approximate surface area is 133 Å². The number of carboxylic acids is 1. The van der Waals surface area contributed by atoms with Gasteiger partial charge in [0.15, 0.2) is 0 Å². The predicted molar refractivity (Wildman–Crippen MR) is 87.9 cm³/mol. The third kappa shape index (κ3) is 3.70. The summed E-state index contributed by atoms with van der Waals surface area (Å²) in [5, 5.41) is 9.58. The number of benzene rings is 1. The van der Waals surface area contributed by atoms with E-state index in [2.05, 4.69) is 36.1 Å². The quantitative estimate of drug-likeness (QED) is 0.906. The molecular weight excluding hydrogens is 274 g/mol. The summed E-state index contributed by atoms with van der Waals surface area (Å²) in [7, 11) is 0. The van der Waals surface area contributed by atoms with Crippen molar-refractivity contribution in [3.8, 4) is 0 Å². The van der Waals surface area contributed by atoms with Crippen molar-refractivity contribution in [2.45, 2.75) is 39.0 Å². The van der Waals surface area contributed by atoms with E-state index >= 15 is 0 Å². The van der Waals surface area contributed by atoms with Crippen molar-refractivity contribution in [1.29, 1.82) is 0 Å². The first-order valence-electron chi connectivity index (χ1n) is 8.62. The highest BCUT2D eigenvalue weighted by atomic mass is 16.4. The molecule has 2 fully saturated rings. The minimum atomic E-state index is -0.657. The van der Waals surface area contributed by atoms with Gasteiger partial charge < -0.3 is 10.0 Å². The lowest BCUT2D eigenvalue weighted by molar-refractivity contribution is -0.142. The molecule has 1 saturated carbocycles. The van der Waals surface area contributed by atoms with Gasteiger partial charge in [-0.25, -0.2) is 0 Å². The molecule has 1 saturated heterocycles. The molecule has 3 nitrogen and oxygen atoms in total. The number of rotatable bonds is 5.